The molecule has 4 rings (SSSR count). The summed E-state index contributed by atoms with van der Waals surface area (Å²) in [6, 6.07) is 9.34. The zero-order chi connectivity index (χ0) is 18.8. The van der Waals surface area contributed by atoms with Gasteiger partial charge in [-0.2, -0.15) is 0 Å². The maximum absolute atomic E-state index is 12.7. The second-order valence-electron chi connectivity index (χ2n) is 6.44. The van der Waals surface area contributed by atoms with Gasteiger partial charge in [0.1, 0.15) is 5.82 Å². The van der Waals surface area contributed by atoms with Gasteiger partial charge in [-0.1, -0.05) is 29.8 Å². The number of aryl methyl sites for hydroxylation is 1. The molecule has 3 aromatic rings. The number of furan rings is 1. The number of nitrogens with zero attached hydrogens (tertiary/aromatic N) is 2. The van der Waals surface area contributed by atoms with Gasteiger partial charge in [0.25, 0.3) is 5.91 Å². The number of para-hydroxylation sites is 1. The molecule has 1 fully saturated rings. The standard InChI is InChI=1S/C20H20ClN3O3/c1-13-15-5-2-6-16(21)18(15)27-17(13)20(25)23-12-14-4-3-7-22-19(14)24-8-10-26-11-9-24/h2-7H,8-12H2,1H3,(H,23,25). The van der Waals surface area contributed by atoms with Gasteiger partial charge in [-0.3, -0.25) is 4.79 Å². The number of ether oxygens (including phenoxy) is 1. The number of aromatic nitrogens is 1. The Morgan fingerprint density at radius 2 is 2.07 bits per heavy atom. The minimum absolute atomic E-state index is 0.267. The van der Waals surface area contributed by atoms with Gasteiger partial charge in [0.15, 0.2) is 11.3 Å². The van der Waals surface area contributed by atoms with E-state index in [0.717, 1.165) is 35.4 Å². The van der Waals surface area contributed by atoms with Crippen LogP contribution in [0.15, 0.2) is 40.9 Å². The van der Waals surface area contributed by atoms with Crippen LogP contribution in [0.5, 0.6) is 0 Å². The lowest BCUT2D eigenvalue weighted by molar-refractivity contribution is 0.0924. The second-order valence-corrected chi connectivity index (χ2v) is 6.85. The van der Waals surface area contributed by atoms with E-state index in [1.54, 1.807) is 12.3 Å². The number of halogens is 1. The first-order valence-corrected chi connectivity index (χ1v) is 9.25. The van der Waals surface area contributed by atoms with E-state index in [9.17, 15) is 4.79 Å². The molecule has 0 atom stereocenters. The maximum Gasteiger partial charge on any atom is 0.287 e. The normalized spacial score (nSPS) is 14.5. The van der Waals surface area contributed by atoms with Gasteiger partial charge >= 0.3 is 0 Å². The summed E-state index contributed by atoms with van der Waals surface area (Å²) in [5.74, 6) is 0.900. The summed E-state index contributed by atoms with van der Waals surface area (Å²) in [7, 11) is 0. The predicted octanol–water partition coefficient (Wildman–Crippen LogP) is 3.56. The number of hydrogen-bond donors (Lipinski definition) is 1. The van der Waals surface area contributed by atoms with Crippen molar-refractivity contribution >= 4 is 34.3 Å². The number of nitrogens with one attached hydrogen (secondary N) is 1. The molecular weight excluding hydrogens is 366 g/mol. The highest BCUT2D eigenvalue weighted by Gasteiger charge is 2.20. The van der Waals surface area contributed by atoms with Crippen LogP contribution in [0.25, 0.3) is 11.0 Å². The number of hydrogen-bond acceptors (Lipinski definition) is 5. The molecule has 0 spiro atoms. The SMILES string of the molecule is Cc1c(C(=O)NCc2cccnc2N2CCOCC2)oc2c(Cl)cccc12. The van der Waals surface area contributed by atoms with Crippen LogP contribution in [0.4, 0.5) is 5.82 Å². The van der Waals surface area contributed by atoms with E-state index in [1.807, 2.05) is 31.2 Å². The number of morpholine rings is 1. The zero-order valence-electron chi connectivity index (χ0n) is 15.0. The van der Waals surface area contributed by atoms with E-state index >= 15 is 0 Å². The number of carbonyl (C=O) groups excluding carboxylic acids is 1. The Balaban J connectivity index is 1.54. The minimum Gasteiger partial charge on any atom is -0.449 e. The van der Waals surface area contributed by atoms with Crippen molar-refractivity contribution in [3.05, 3.63) is 58.4 Å². The Hall–Kier alpha value is -2.57. The van der Waals surface area contributed by atoms with Crippen LogP contribution in [0, 0.1) is 6.92 Å². The van der Waals surface area contributed by atoms with E-state index in [0.29, 0.717) is 30.4 Å². The van der Waals surface area contributed by atoms with Crippen LogP contribution in [0.3, 0.4) is 0 Å². The van der Waals surface area contributed by atoms with Crippen molar-refractivity contribution in [1.82, 2.24) is 10.3 Å². The Kier molecular flexibility index (Phi) is 5.01. The molecule has 1 aliphatic rings. The van der Waals surface area contributed by atoms with Crippen LogP contribution < -0.4 is 10.2 Å². The Morgan fingerprint density at radius 1 is 1.26 bits per heavy atom. The molecule has 6 nitrogen and oxygen atoms in total. The number of benzene rings is 1. The molecule has 0 radical (unpaired) electrons. The quantitative estimate of drug-likeness (QED) is 0.743. The van der Waals surface area contributed by atoms with Crippen LogP contribution in [0.2, 0.25) is 5.02 Å². The number of amides is 1. The molecule has 0 bridgehead atoms. The molecule has 1 aliphatic heterocycles. The third-order valence-electron chi connectivity index (χ3n) is 4.74. The van der Waals surface area contributed by atoms with Crippen molar-refractivity contribution in [2.24, 2.45) is 0 Å². The van der Waals surface area contributed by atoms with Gasteiger partial charge in [0.05, 0.1) is 18.2 Å². The van der Waals surface area contributed by atoms with Gasteiger partial charge in [0.2, 0.25) is 0 Å². The lowest BCUT2D eigenvalue weighted by Gasteiger charge is -2.29. The highest BCUT2D eigenvalue weighted by atomic mass is 35.5. The molecule has 0 unspecified atom stereocenters. The zero-order valence-corrected chi connectivity index (χ0v) is 15.8. The summed E-state index contributed by atoms with van der Waals surface area (Å²) in [5, 5.41) is 4.29. The first-order valence-electron chi connectivity index (χ1n) is 8.87. The van der Waals surface area contributed by atoms with Crippen molar-refractivity contribution in [3.8, 4) is 0 Å². The van der Waals surface area contributed by atoms with Crippen LogP contribution in [-0.4, -0.2) is 37.2 Å². The van der Waals surface area contributed by atoms with Gasteiger partial charge in [0, 0.05) is 42.3 Å². The van der Waals surface area contributed by atoms with Gasteiger partial charge < -0.3 is 19.4 Å². The number of fused-ring (bicyclic) bond motifs is 1. The summed E-state index contributed by atoms with van der Waals surface area (Å²) in [4.78, 5) is 19.4. The summed E-state index contributed by atoms with van der Waals surface area (Å²) < 4.78 is 11.1. The highest BCUT2D eigenvalue weighted by molar-refractivity contribution is 6.35. The highest BCUT2D eigenvalue weighted by Crippen LogP contribution is 2.30. The first kappa shape index (κ1) is 17.8. The topological polar surface area (TPSA) is 67.6 Å². The van der Waals surface area contributed by atoms with Crippen LogP contribution >= 0.6 is 11.6 Å². The van der Waals surface area contributed by atoms with Crippen molar-refractivity contribution < 1.29 is 13.9 Å². The fourth-order valence-corrected chi connectivity index (χ4v) is 3.52. The molecule has 1 saturated heterocycles. The van der Waals surface area contributed by atoms with E-state index < -0.39 is 0 Å². The largest absolute Gasteiger partial charge is 0.449 e. The molecule has 1 aromatic carbocycles. The lowest BCUT2D eigenvalue weighted by Crippen LogP contribution is -2.37. The summed E-state index contributed by atoms with van der Waals surface area (Å²) >= 11 is 6.18. The average Bonchev–Trinajstić information content (AvgIpc) is 3.05. The molecule has 2 aromatic heterocycles. The van der Waals surface area contributed by atoms with E-state index in [1.165, 1.54) is 0 Å². The lowest BCUT2D eigenvalue weighted by atomic mass is 10.1. The van der Waals surface area contributed by atoms with E-state index in [-0.39, 0.29) is 11.7 Å². The molecule has 1 amide bonds. The number of anilines is 1. The minimum atomic E-state index is -0.267. The molecule has 0 saturated carbocycles. The summed E-state index contributed by atoms with van der Waals surface area (Å²) in [6.45, 7) is 5.17. The number of rotatable bonds is 4. The number of carbonyl (C=O) groups is 1. The second kappa shape index (κ2) is 7.58. The smallest absolute Gasteiger partial charge is 0.287 e. The maximum atomic E-state index is 12.7. The third kappa shape index (κ3) is 3.50. The van der Waals surface area contributed by atoms with Crippen molar-refractivity contribution in [2.75, 3.05) is 31.2 Å². The molecule has 0 aliphatic carbocycles. The van der Waals surface area contributed by atoms with Crippen molar-refractivity contribution in [1.29, 1.82) is 0 Å². The first-order chi connectivity index (χ1) is 13.1. The van der Waals surface area contributed by atoms with Crippen molar-refractivity contribution in [3.63, 3.8) is 0 Å². The third-order valence-corrected chi connectivity index (χ3v) is 5.04. The fourth-order valence-electron chi connectivity index (χ4n) is 3.31. The van der Waals surface area contributed by atoms with Gasteiger partial charge in [-0.05, 0) is 19.1 Å². The molecule has 27 heavy (non-hydrogen) atoms. The van der Waals surface area contributed by atoms with Crippen LogP contribution in [0.1, 0.15) is 21.7 Å². The predicted molar refractivity (Wildman–Crippen MR) is 104 cm³/mol. The Bertz CT molecular complexity index is 980. The average molecular weight is 386 g/mol. The Morgan fingerprint density at radius 3 is 2.85 bits per heavy atom. The van der Waals surface area contributed by atoms with Crippen molar-refractivity contribution in [2.45, 2.75) is 13.5 Å². The monoisotopic (exact) mass is 385 g/mol. The van der Waals surface area contributed by atoms with Crippen LogP contribution in [-0.2, 0) is 11.3 Å². The molecule has 1 N–H and O–H groups in total. The molecular formula is C20H20ClN3O3. The molecule has 7 heteroatoms. The van der Waals surface area contributed by atoms with E-state index in [4.69, 9.17) is 20.8 Å². The molecule has 140 valence electrons. The van der Waals surface area contributed by atoms with Gasteiger partial charge in [-0.25, -0.2) is 4.98 Å². The Labute approximate surface area is 162 Å². The summed E-state index contributed by atoms with van der Waals surface area (Å²) in [5.41, 5.74) is 2.28. The fraction of sp³-hybridized carbons (Fsp3) is 0.300. The van der Waals surface area contributed by atoms with E-state index in [2.05, 4.69) is 15.2 Å². The summed E-state index contributed by atoms with van der Waals surface area (Å²) in [6.07, 6.45) is 1.77. The molecule has 3 heterocycles. The van der Waals surface area contributed by atoms with Gasteiger partial charge in [-0.15, -0.1) is 0 Å². The number of pyridine rings is 1.